The summed E-state index contributed by atoms with van der Waals surface area (Å²) in [7, 11) is 0. The first kappa shape index (κ1) is 15.8. The van der Waals surface area contributed by atoms with Crippen LogP contribution in [-0.2, 0) is 17.9 Å². The molecule has 0 radical (unpaired) electrons. The summed E-state index contributed by atoms with van der Waals surface area (Å²) in [5.41, 5.74) is 0.652. The number of hydrogen-bond acceptors (Lipinski definition) is 3. The number of carbonyl (C=O) groups is 1. The standard InChI is InChI=1S/C19H21FN2OS/c20-16-4-1-3-15(11-16)12-22-9-7-19(18(22)23)6-8-21(14-19)13-17-5-2-10-24-17/h1-5,10-11H,6-9,12-14H2/t19-/m1/s1. The van der Waals surface area contributed by atoms with E-state index in [0.717, 1.165) is 44.6 Å². The fourth-order valence-electron chi connectivity index (χ4n) is 3.99. The van der Waals surface area contributed by atoms with Gasteiger partial charge >= 0.3 is 0 Å². The minimum absolute atomic E-state index is 0.218. The van der Waals surface area contributed by atoms with Gasteiger partial charge < -0.3 is 4.90 Å². The predicted molar refractivity (Wildman–Crippen MR) is 93.1 cm³/mol. The highest BCUT2D eigenvalue weighted by Crippen LogP contribution is 2.41. The van der Waals surface area contributed by atoms with Crippen molar-refractivity contribution in [3.63, 3.8) is 0 Å². The Kier molecular flexibility index (Phi) is 4.14. The molecule has 2 aromatic rings. The molecule has 0 unspecified atom stereocenters. The number of carbonyl (C=O) groups excluding carboxylic acids is 1. The van der Waals surface area contributed by atoms with Crippen LogP contribution in [-0.4, -0.2) is 35.3 Å². The SMILES string of the molecule is O=C1N(Cc2cccc(F)c2)CC[C@@]12CCN(Cc1cccs1)C2. The highest BCUT2D eigenvalue weighted by Gasteiger charge is 2.50. The van der Waals surface area contributed by atoms with E-state index >= 15 is 0 Å². The lowest BCUT2D eigenvalue weighted by Crippen LogP contribution is -2.36. The van der Waals surface area contributed by atoms with Crippen LogP contribution < -0.4 is 0 Å². The molecule has 3 heterocycles. The van der Waals surface area contributed by atoms with Crippen molar-refractivity contribution < 1.29 is 9.18 Å². The fraction of sp³-hybridized carbons (Fsp3) is 0.421. The van der Waals surface area contributed by atoms with E-state index in [1.165, 1.54) is 17.0 Å². The van der Waals surface area contributed by atoms with Gasteiger partial charge in [-0.25, -0.2) is 4.39 Å². The van der Waals surface area contributed by atoms with Gasteiger partial charge in [-0.05, 0) is 48.5 Å². The van der Waals surface area contributed by atoms with Crippen LogP contribution in [0.1, 0.15) is 23.3 Å². The molecule has 4 rings (SSSR count). The number of nitrogens with zero attached hydrogens (tertiary/aromatic N) is 2. The average molecular weight is 344 g/mol. The van der Waals surface area contributed by atoms with Crippen LogP contribution in [0, 0.1) is 11.2 Å². The lowest BCUT2D eigenvalue weighted by Gasteiger charge is -2.23. The first-order valence-corrected chi connectivity index (χ1v) is 9.31. The summed E-state index contributed by atoms with van der Waals surface area (Å²) in [5.74, 6) is 0.0114. The minimum Gasteiger partial charge on any atom is -0.338 e. The summed E-state index contributed by atoms with van der Waals surface area (Å²) >= 11 is 1.77. The summed E-state index contributed by atoms with van der Waals surface area (Å²) in [6.45, 7) is 4.07. The van der Waals surface area contributed by atoms with Crippen molar-refractivity contribution >= 4 is 17.2 Å². The Morgan fingerprint density at radius 3 is 2.79 bits per heavy atom. The van der Waals surface area contributed by atoms with Crippen molar-refractivity contribution in [1.29, 1.82) is 0 Å². The molecule has 24 heavy (non-hydrogen) atoms. The summed E-state index contributed by atoms with van der Waals surface area (Å²) in [6, 6.07) is 10.8. The largest absolute Gasteiger partial charge is 0.338 e. The van der Waals surface area contributed by atoms with Gasteiger partial charge in [-0.15, -0.1) is 11.3 Å². The van der Waals surface area contributed by atoms with Crippen LogP contribution in [0.15, 0.2) is 41.8 Å². The van der Waals surface area contributed by atoms with Crippen LogP contribution in [0.2, 0.25) is 0 Å². The van der Waals surface area contributed by atoms with E-state index in [-0.39, 0.29) is 17.1 Å². The normalized spacial score (nSPS) is 24.4. The van der Waals surface area contributed by atoms with E-state index in [4.69, 9.17) is 0 Å². The lowest BCUT2D eigenvalue weighted by atomic mass is 9.85. The Morgan fingerprint density at radius 2 is 2.00 bits per heavy atom. The summed E-state index contributed by atoms with van der Waals surface area (Å²) in [4.78, 5) is 18.6. The number of hydrogen-bond donors (Lipinski definition) is 0. The zero-order valence-electron chi connectivity index (χ0n) is 13.6. The number of likely N-dealkylation sites (tertiary alicyclic amines) is 2. The molecule has 0 N–H and O–H groups in total. The minimum atomic E-state index is -0.239. The second-order valence-corrected chi connectivity index (χ2v) is 7.96. The molecule has 3 nitrogen and oxygen atoms in total. The molecule has 1 aromatic carbocycles. The fourth-order valence-corrected chi connectivity index (χ4v) is 4.74. The topological polar surface area (TPSA) is 23.6 Å². The maximum absolute atomic E-state index is 13.4. The lowest BCUT2D eigenvalue weighted by molar-refractivity contribution is -0.136. The maximum Gasteiger partial charge on any atom is 0.230 e. The van der Waals surface area contributed by atoms with Crippen LogP contribution in [0.25, 0.3) is 0 Å². The quantitative estimate of drug-likeness (QED) is 0.847. The zero-order valence-corrected chi connectivity index (χ0v) is 14.4. The van der Waals surface area contributed by atoms with Gasteiger partial charge in [0.2, 0.25) is 5.91 Å². The summed E-state index contributed by atoms with van der Waals surface area (Å²) < 4.78 is 13.4. The molecule has 2 fully saturated rings. The van der Waals surface area contributed by atoms with E-state index in [9.17, 15) is 9.18 Å². The first-order valence-electron chi connectivity index (χ1n) is 8.43. The molecule has 0 aliphatic carbocycles. The van der Waals surface area contributed by atoms with Gasteiger partial charge in [-0.2, -0.15) is 0 Å². The third kappa shape index (κ3) is 2.98. The smallest absolute Gasteiger partial charge is 0.230 e. The van der Waals surface area contributed by atoms with Gasteiger partial charge in [0, 0.05) is 31.1 Å². The molecule has 5 heteroatoms. The molecule has 1 spiro atoms. The van der Waals surface area contributed by atoms with Gasteiger partial charge in [-0.3, -0.25) is 9.69 Å². The van der Waals surface area contributed by atoms with Crippen LogP contribution >= 0.6 is 11.3 Å². The second kappa shape index (κ2) is 6.30. The molecule has 126 valence electrons. The number of rotatable bonds is 4. The van der Waals surface area contributed by atoms with Crippen molar-refractivity contribution in [3.05, 3.63) is 58.0 Å². The summed E-state index contributed by atoms with van der Waals surface area (Å²) in [5, 5.41) is 2.10. The zero-order chi connectivity index (χ0) is 16.6. The molecular formula is C19H21FN2OS. The molecule has 2 aliphatic heterocycles. The van der Waals surface area contributed by atoms with E-state index in [1.54, 1.807) is 17.4 Å². The van der Waals surface area contributed by atoms with E-state index in [1.807, 2.05) is 11.0 Å². The molecule has 1 aromatic heterocycles. The molecule has 0 saturated carbocycles. The monoisotopic (exact) mass is 344 g/mol. The Labute approximate surface area is 145 Å². The highest BCUT2D eigenvalue weighted by atomic mass is 32.1. The molecule has 2 aliphatic rings. The predicted octanol–water partition coefficient (Wildman–Crippen LogP) is 3.51. The Hall–Kier alpha value is -1.72. The van der Waals surface area contributed by atoms with Gasteiger partial charge in [0.15, 0.2) is 0 Å². The van der Waals surface area contributed by atoms with E-state index in [2.05, 4.69) is 22.4 Å². The van der Waals surface area contributed by atoms with E-state index in [0.29, 0.717) is 6.54 Å². The third-order valence-corrected chi connectivity index (χ3v) is 6.12. The van der Waals surface area contributed by atoms with Crippen molar-refractivity contribution in [2.75, 3.05) is 19.6 Å². The first-order chi connectivity index (χ1) is 11.6. The Balaban J connectivity index is 1.41. The maximum atomic E-state index is 13.4. The van der Waals surface area contributed by atoms with Crippen LogP contribution in [0.5, 0.6) is 0 Å². The van der Waals surface area contributed by atoms with Gasteiger partial charge in [0.1, 0.15) is 5.82 Å². The van der Waals surface area contributed by atoms with Gasteiger partial charge in [0.05, 0.1) is 5.41 Å². The third-order valence-electron chi connectivity index (χ3n) is 5.26. The van der Waals surface area contributed by atoms with Gasteiger partial charge in [-0.1, -0.05) is 18.2 Å². The molecule has 0 bridgehead atoms. The van der Waals surface area contributed by atoms with Gasteiger partial charge in [0.25, 0.3) is 0 Å². The number of benzene rings is 1. The number of amides is 1. The van der Waals surface area contributed by atoms with Crippen LogP contribution in [0.4, 0.5) is 4.39 Å². The van der Waals surface area contributed by atoms with E-state index < -0.39 is 0 Å². The number of thiophene rings is 1. The highest BCUT2D eigenvalue weighted by molar-refractivity contribution is 7.09. The van der Waals surface area contributed by atoms with Crippen LogP contribution in [0.3, 0.4) is 0 Å². The molecule has 1 atom stereocenters. The second-order valence-electron chi connectivity index (χ2n) is 6.93. The van der Waals surface area contributed by atoms with Crippen molar-refractivity contribution in [2.45, 2.75) is 25.9 Å². The van der Waals surface area contributed by atoms with Crippen molar-refractivity contribution in [2.24, 2.45) is 5.41 Å². The van der Waals surface area contributed by atoms with Crippen molar-refractivity contribution in [1.82, 2.24) is 9.80 Å². The Bertz CT molecular complexity index is 733. The molecule has 2 saturated heterocycles. The molecular weight excluding hydrogens is 323 g/mol. The van der Waals surface area contributed by atoms with Crippen molar-refractivity contribution in [3.8, 4) is 0 Å². The Morgan fingerprint density at radius 1 is 1.12 bits per heavy atom. The number of halogens is 1. The summed E-state index contributed by atoms with van der Waals surface area (Å²) in [6.07, 6.45) is 1.86. The average Bonchev–Trinajstić information content (AvgIpc) is 3.27. The molecule has 1 amide bonds.